The monoisotopic (exact) mass is 200 g/mol. The Balaban J connectivity index is 3.29. The van der Waals surface area contributed by atoms with E-state index >= 15 is 0 Å². The van der Waals surface area contributed by atoms with Crippen LogP contribution in [-0.4, -0.2) is 20.9 Å². The van der Waals surface area contributed by atoms with Crippen LogP contribution in [0.3, 0.4) is 0 Å². The number of rotatable bonds is 2. The van der Waals surface area contributed by atoms with E-state index < -0.39 is 5.56 Å². The van der Waals surface area contributed by atoms with Gasteiger partial charge < -0.3 is 10.1 Å². The van der Waals surface area contributed by atoms with Gasteiger partial charge in [-0.15, -0.1) is 0 Å². The molecule has 0 aliphatic rings. The molecule has 0 saturated heterocycles. The lowest BCUT2D eigenvalue weighted by atomic mass is 10.2. The molecule has 3 N–H and O–H groups in total. The summed E-state index contributed by atoms with van der Waals surface area (Å²) in [5.41, 5.74) is -0.516. The van der Waals surface area contributed by atoms with Crippen LogP contribution in [0.2, 0.25) is 0 Å². The first-order valence-electron chi connectivity index (χ1n) is 3.54. The molecule has 0 radical (unpaired) electrons. The minimum atomic E-state index is -0.531. The highest BCUT2D eigenvalue weighted by Crippen LogP contribution is 2.07. The smallest absolute Gasteiger partial charge is 0.259 e. The molecule has 0 fully saturated rings. The lowest BCUT2D eigenvalue weighted by molar-refractivity contribution is -0.116. The maximum atomic E-state index is 11.1. The van der Waals surface area contributed by atoms with Crippen molar-refractivity contribution in [2.75, 3.05) is 0 Å². The van der Waals surface area contributed by atoms with E-state index in [4.69, 9.17) is 0 Å². The first-order valence-corrected chi connectivity index (χ1v) is 3.95. The molecule has 0 atom stereocenters. The van der Waals surface area contributed by atoms with Crippen molar-refractivity contribution in [3.63, 3.8) is 0 Å². The molecular weight excluding hydrogens is 192 g/mol. The Kier molecular flexibility index (Phi) is 2.62. The van der Waals surface area contributed by atoms with E-state index in [9.17, 15) is 14.7 Å². The van der Waals surface area contributed by atoms with Gasteiger partial charge in [0.05, 0.1) is 5.56 Å². The van der Waals surface area contributed by atoms with Gasteiger partial charge in [-0.3, -0.25) is 14.6 Å². The Bertz CT molecular complexity index is 446. The number of carbonyl (C=O) groups excluding carboxylic acids is 1. The standard InChI is InChI=1S/C7H8N2O3S/c1-3(10)2-4-5(11)8-7(13)9-6(4)12/h2H2,1H3,(H3,8,9,11,12,13). The summed E-state index contributed by atoms with van der Waals surface area (Å²) in [5.74, 6) is -0.546. The zero-order valence-corrected chi connectivity index (χ0v) is 7.70. The summed E-state index contributed by atoms with van der Waals surface area (Å²) < 4.78 is 0.0369. The lowest BCUT2D eigenvalue weighted by Gasteiger charge is -1.99. The molecular formula is C7H8N2O3S. The highest BCUT2D eigenvalue weighted by molar-refractivity contribution is 7.71. The van der Waals surface area contributed by atoms with Crippen LogP contribution in [0.1, 0.15) is 12.5 Å². The molecule has 1 rings (SSSR count). The summed E-state index contributed by atoms with van der Waals surface area (Å²) in [5, 5.41) is 9.23. The van der Waals surface area contributed by atoms with Crippen LogP contribution in [-0.2, 0) is 11.2 Å². The molecule has 1 aromatic heterocycles. The molecule has 70 valence electrons. The summed E-state index contributed by atoms with van der Waals surface area (Å²) in [6, 6.07) is 0. The van der Waals surface area contributed by atoms with Crippen molar-refractivity contribution < 1.29 is 9.90 Å². The number of H-pyrrole nitrogens is 2. The van der Waals surface area contributed by atoms with Gasteiger partial charge in [0.25, 0.3) is 5.56 Å². The van der Waals surface area contributed by atoms with E-state index in [2.05, 4.69) is 22.2 Å². The molecule has 1 heterocycles. The average molecular weight is 200 g/mol. The van der Waals surface area contributed by atoms with Gasteiger partial charge in [-0.2, -0.15) is 0 Å². The molecule has 0 aromatic carbocycles. The Labute approximate surface area is 78.4 Å². The molecule has 0 amide bonds. The van der Waals surface area contributed by atoms with E-state index in [1.54, 1.807) is 0 Å². The van der Waals surface area contributed by atoms with Crippen molar-refractivity contribution in [2.24, 2.45) is 0 Å². The Hall–Kier alpha value is -1.43. The summed E-state index contributed by atoms with van der Waals surface area (Å²) in [4.78, 5) is 26.5. The number of aromatic hydroxyl groups is 1. The van der Waals surface area contributed by atoms with Crippen molar-refractivity contribution in [2.45, 2.75) is 13.3 Å². The second-order valence-corrected chi connectivity index (χ2v) is 3.02. The number of hydrogen-bond donors (Lipinski definition) is 3. The topological polar surface area (TPSA) is 85.9 Å². The van der Waals surface area contributed by atoms with Crippen molar-refractivity contribution >= 4 is 18.0 Å². The summed E-state index contributed by atoms with van der Waals surface area (Å²) in [6.07, 6.45) is -0.104. The fraction of sp³-hybridized carbons (Fsp3) is 0.286. The number of hydrogen-bond acceptors (Lipinski definition) is 4. The van der Waals surface area contributed by atoms with Crippen LogP contribution < -0.4 is 5.56 Å². The van der Waals surface area contributed by atoms with Crippen molar-refractivity contribution in [3.05, 3.63) is 20.7 Å². The molecule has 0 aliphatic carbocycles. The highest BCUT2D eigenvalue weighted by atomic mass is 32.1. The molecule has 0 saturated carbocycles. The van der Waals surface area contributed by atoms with E-state index in [-0.39, 0.29) is 28.4 Å². The summed E-state index contributed by atoms with van der Waals surface area (Å²) in [6.45, 7) is 1.33. The molecule has 0 spiro atoms. The Morgan fingerprint density at radius 2 is 2.15 bits per heavy atom. The maximum Gasteiger partial charge on any atom is 0.259 e. The van der Waals surface area contributed by atoms with Gasteiger partial charge in [-0.1, -0.05) is 0 Å². The van der Waals surface area contributed by atoms with Gasteiger partial charge in [0.2, 0.25) is 0 Å². The largest absolute Gasteiger partial charge is 0.494 e. The summed E-state index contributed by atoms with van der Waals surface area (Å²) >= 11 is 4.60. The maximum absolute atomic E-state index is 11.1. The van der Waals surface area contributed by atoms with Crippen LogP contribution >= 0.6 is 12.2 Å². The Morgan fingerprint density at radius 3 is 2.62 bits per heavy atom. The van der Waals surface area contributed by atoms with E-state index in [1.807, 2.05) is 0 Å². The number of carbonyl (C=O) groups is 1. The van der Waals surface area contributed by atoms with Crippen LogP contribution in [0.4, 0.5) is 0 Å². The van der Waals surface area contributed by atoms with Gasteiger partial charge in [0.1, 0.15) is 5.78 Å². The number of nitrogens with one attached hydrogen (secondary N) is 2. The first kappa shape index (κ1) is 9.66. The molecule has 1 aromatic rings. The predicted octanol–water partition coefficient (Wildman–Crippen LogP) is 0.270. The fourth-order valence-electron chi connectivity index (χ4n) is 0.913. The van der Waals surface area contributed by atoms with Crippen molar-refractivity contribution in [1.29, 1.82) is 0 Å². The van der Waals surface area contributed by atoms with Gasteiger partial charge in [-0.05, 0) is 19.1 Å². The molecule has 0 bridgehead atoms. The second-order valence-electron chi connectivity index (χ2n) is 2.61. The predicted molar refractivity (Wildman–Crippen MR) is 48.3 cm³/mol. The van der Waals surface area contributed by atoms with Crippen molar-refractivity contribution in [1.82, 2.24) is 9.97 Å². The number of aromatic amines is 2. The molecule has 6 heteroatoms. The highest BCUT2D eigenvalue weighted by Gasteiger charge is 2.09. The van der Waals surface area contributed by atoms with E-state index in [1.165, 1.54) is 6.92 Å². The minimum Gasteiger partial charge on any atom is -0.494 e. The summed E-state index contributed by atoms with van der Waals surface area (Å²) in [7, 11) is 0. The quantitative estimate of drug-likeness (QED) is 0.598. The zero-order valence-electron chi connectivity index (χ0n) is 6.88. The Morgan fingerprint density at radius 1 is 1.54 bits per heavy atom. The van der Waals surface area contributed by atoms with Gasteiger partial charge in [0.15, 0.2) is 10.7 Å². The zero-order chi connectivity index (χ0) is 10.0. The number of Topliss-reactive ketones (excluding diaryl/α,β-unsaturated/α-hetero) is 1. The number of ketones is 1. The third-order valence-corrected chi connectivity index (χ3v) is 1.65. The molecule has 0 aliphatic heterocycles. The van der Waals surface area contributed by atoms with Crippen LogP contribution in [0.5, 0.6) is 5.88 Å². The SMILES string of the molecule is CC(=O)Cc1c(O)[nH]c(=S)[nH]c1=O. The normalized spacial score (nSPS) is 9.92. The first-order chi connectivity index (χ1) is 6.00. The molecule has 5 nitrogen and oxygen atoms in total. The van der Waals surface area contributed by atoms with Gasteiger partial charge in [0, 0.05) is 6.42 Å². The minimum absolute atomic E-state index is 0.0149. The van der Waals surface area contributed by atoms with Gasteiger partial charge in [-0.25, -0.2) is 0 Å². The third-order valence-electron chi connectivity index (χ3n) is 1.44. The average Bonchev–Trinajstić information content (AvgIpc) is 1.96. The van der Waals surface area contributed by atoms with Crippen LogP contribution in [0.25, 0.3) is 0 Å². The molecule has 0 unspecified atom stereocenters. The third kappa shape index (κ3) is 2.25. The van der Waals surface area contributed by atoms with E-state index in [0.29, 0.717) is 0 Å². The second kappa shape index (κ2) is 3.53. The number of aromatic nitrogens is 2. The van der Waals surface area contributed by atoms with Crippen molar-refractivity contribution in [3.8, 4) is 5.88 Å². The lowest BCUT2D eigenvalue weighted by Crippen LogP contribution is -2.16. The van der Waals surface area contributed by atoms with Crippen LogP contribution in [0.15, 0.2) is 4.79 Å². The molecule has 13 heavy (non-hydrogen) atoms. The fourth-order valence-corrected chi connectivity index (χ4v) is 1.10. The van der Waals surface area contributed by atoms with Crippen LogP contribution in [0, 0.1) is 4.77 Å². The van der Waals surface area contributed by atoms with Gasteiger partial charge >= 0.3 is 0 Å². The van der Waals surface area contributed by atoms with E-state index in [0.717, 1.165) is 0 Å².